The van der Waals surface area contributed by atoms with Crippen molar-refractivity contribution in [2.75, 3.05) is 13.1 Å². The normalized spacial score (nSPS) is 20.1. The number of hydrogen-bond acceptors (Lipinski definition) is 3. The molecule has 4 nitrogen and oxygen atoms in total. The molecule has 1 saturated heterocycles. The van der Waals surface area contributed by atoms with Gasteiger partial charge in [0.1, 0.15) is 0 Å². The Morgan fingerprint density at radius 1 is 1.24 bits per heavy atom. The fourth-order valence-electron chi connectivity index (χ4n) is 2.14. The van der Waals surface area contributed by atoms with Crippen LogP contribution in [0.1, 0.15) is 18.4 Å². The summed E-state index contributed by atoms with van der Waals surface area (Å²) >= 11 is 0. The first-order chi connectivity index (χ1) is 8.10. The maximum atomic E-state index is 10.9. The third kappa shape index (κ3) is 2.84. The van der Waals surface area contributed by atoms with E-state index >= 15 is 0 Å². The highest BCUT2D eigenvalue weighted by Crippen LogP contribution is 2.23. The van der Waals surface area contributed by atoms with E-state index in [1.165, 1.54) is 5.56 Å². The topological polar surface area (TPSA) is 60.8 Å². The number of aliphatic carboxylic acids is 1. The zero-order chi connectivity index (χ0) is 12.3. The lowest BCUT2D eigenvalue weighted by molar-refractivity contribution is -0.163. The highest BCUT2D eigenvalue weighted by molar-refractivity contribution is 5.77. The molecule has 1 fully saturated rings. The summed E-state index contributed by atoms with van der Waals surface area (Å²) in [5, 5.41) is 18.7. The summed E-state index contributed by atoms with van der Waals surface area (Å²) in [6, 6.07) is 10.1. The van der Waals surface area contributed by atoms with Crippen molar-refractivity contribution in [1.29, 1.82) is 0 Å². The second-order valence-electron chi connectivity index (χ2n) is 4.60. The summed E-state index contributed by atoms with van der Waals surface area (Å²) in [6.45, 7) is 2.06. The molecule has 1 aliphatic heterocycles. The van der Waals surface area contributed by atoms with Gasteiger partial charge in [-0.1, -0.05) is 30.3 Å². The van der Waals surface area contributed by atoms with E-state index in [-0.39, 0.29) is 0 Å². The van der Waals surface area contributed by atoms with Crippen LogP contribution in [0.4, 0.5) is 0 Å². The number of benzene rings is 1. The number of aliphatic hydroxyl groups is 1. The van der Waals surface area contributed by atoms with E-state index in [9.17, 15) is 9.90 Å². The third-order valence-electron chi connectivity index (χ3n) is 3.33. The second kappa shape index (κ2) is 4.85. The molecular weight excluding hydrogens is 218 g/mol. The number of nitrogens with zero attached hydrogens (tertiary/aromatic N) is 1. The largest absolute Gasteiger partial charge is 0.479 e. The second-order valence-corrected chi connectivity index (χ2v) is 4.60. The lowest BCUT2D eigenvalue weighted by atomic mass is 9.91. The predicted octanol–water partition coefficient (Wildman–Crippen LogP) is 1.10. The monoisotopic (exact) mass is 235 g/mol. The molecule has 0 bridgehead atoms. The van der Waals surface area contributed by atoms with Crippen LogP contribution in [0.15, 0.2) is 30.3 Å². The summed E-state index contributed by atoms with van der Waals surface area (Å²) in [4.78, 5) is 13.0. The molecule has 17 heavy (non-hydrogen) atoms. The van der Waals surface area contributed by atoms with Gasteiger partial charge in [-0.2, -0.15) is 0 Å². The summed E-state index contributed by atoms with van der Waals surface area (Å²) < 4.78 is 0. The van der Waals surface area contributed by atoms with Gasteiger partial charge in [0.25, 0.3) is 0 Å². The van der Waals surface area contributed by atoms with E-state index in [0.717, 1.165) is 6.54 Å². The molecule has 0 radical (unpaired) electrons. The molecule has 0 atom stereocenters. The van der Waals surface area contributed by atoms with Crippen molar-refractivity contribution in [3.8, 4) is 0 Å². The number of likely N-dealkylation sites (tertiary alicyclic amines) is 1. The van der Waals surface area contributed by atoms with Crippen molar-refractivity contribution >= 4 is 5.97 Å². The zero-order valence-corrected chi connectivity index (χ0v) is 9.67. The van der Waals surface area contributed by atoms with Crippen molar-refractivity contribution in [3.05, 3.63) is 35.9 Å². The zero-order valence-electron chi connectivity index (χ0n) is 9.67. The van der Waals surface area contributed by atoms with E-state index in [1.807, 2.05) is 18.2 Å². The van der Waals surface area contributed by atoms with Crippen LogP contribution in [0, 0.1) is 0 Å². The Morgan fingerprint density at radius 3 is 2.35 bits per heavy atom. The first kappa shape index (κ1) is 12.1. The van der Waals surface area contributed by atoms with Gasteiger partial charge >= 0.3 is 5.97 Å². The molecule has 0 saturated carbocycles. The lowest BCUT2D eigenvalue weighted by Gasteiger charge is -2.35. The number of carboxylic acids is 1. The molecule has 1 aromatic rings. The molecule has 1 aromatic carbocycles. The van der Waals surface area contributed by atoms with Gasteiger partial charge in [0.2, 0.25) is 0 Å². The average molecular weight is 235 g/mol. The average Bonchev–Trinajstić information content (AvgIpc) is 2.33. The number of carbonyl (C=O) groups is 1. The maximum absolute atomic E-state index is 10.9. The Kier molecular flexibility index (Phi) is 3.45. The summed E-state index contributed by atoms with van der Waals surface area (Å²) in [7, 11) is 0. The van der Waals surface area contributed by atoms with Crippen LogP contribution >= 0.6 is 0 Å². The van der Waals surface area contributed by atoms with Crippen LogP contribution < -0.4 is 0 Å². The van der Waals surface area contributed by atoms with Gasteiger partial charge in [-0.15, -0.1) is 0 Å². The molecule has 1 heterocycles. The molecule has 0 amide bonds. The third-order valence-corrected chi connectivity index (χ3v) is 3.33. The first-order valence-electron chi connectivity index (χ1n) is 5.82. The van der Waals surface area contributed by atoms with E-state index < -0.39 is 11.6 Å². The van der Waals surface area contributed by atoms with Gasteiger partial charge in [0.05, 0.1) is 0 Å². The van der Waals surface area contributed by atoms with Crippen molar-refractivity contribution in [2.45, 2.75) is 25.0 Å². The van der Waals surface area contributed by atoms with Crippen molar-refractivity contribution < 1.29 is 15.0 Å². The number of rotatable bonds is 3. The smallest absolute Gasteiger partial charge is 0.335 e. The molecule has 0 aliphatic carbocycles. The highest BCUT2D eigenvalue weighted by atomic mass is 16.4. The van der Waals surface area contributed by atoms with Crippen molar-refractivity contribution in [3.63, 3.8) is 0 Å². The summed E-state index contributed by atoms with van der Waals surface area (Å²) in [6.07, 6.45) is 0.602. The fourth-order valence-corrected chi connectivity index (χ4v) is 2.14. The van der Waals surface area contributed by atoms with E-state index in [0.29, 0.717) is 25.9 Å². The standard InChI is InChI=1S/C13H17NO3/c15-12(16)13(17)6-8-14(9-7-13)10-11-4-2-1-3-5-11/h1-5,17H,6-10H2,(H,15,16). The van der Waals surface area contributed by atoms with Gasteiger partial charge in [0, 0.05) is 19.6 Å². The van der Waals surface area contributed by atoms with Crippen LogP contribution in [-0.2, 0) is 11.3 Å². The minimum atomic E-state index is -1.52. The Labute approximate surface area is 100 Å². The summed E-state index contributed by atoms with van der Waals surface area (Å²) in [5.74, 6) is -1.10. The highest BCUT2D eigenvalue weighted by Gasteiger charge is 2.39. The molecule has 4 heteroatoms. The molecule has 92 valence electrons. The van der Waals surface area contributed by atoms with Crippen molar-refractivity contribution in [1.82, 2.24) is 4.90 Å². The molecule has 0 unspecified atom stereocenters. The van der Waals surface area contributed by atoms with Crippen LogP contribution in [0.3, 0.4) is 0 Å². The van der Waals surface area contributed by atoms with Gasteiger partial charge in [-0.3, -0.25) is 4.90 Å². The van der Waals surface area contributed by atoms with E-state index in [2.05, 4.69) is 17.0 Å². The van der Waals surface area contributed by atoms with E-state index in [4.69, 9.17) is 5.11 Å². The van der Waals surface area contributed by atoms with Gasteiger partial charge in [0.15, 0.2) is 5.60 Å². The SMILES string of the molecule is O=C(O)C1(O)CCN(Cc2ccccc2)CC1. The predicted molar refractivity (Wildman–Crippen MR) is 63.5 cm³/mol. The molecule has 2 rings (SSSR count). The molecule has 0 aromatic heterocycles. The van der Waals surface area contributed by atoms with Crippen LogP contribution in [0.2, 0.25) is 0 Å². The Hall–Kier alpha value is -1.39. The summed E-state index contributed by atoms with van der Waals surface area (Å²) in [5.41, 5.74) is -0.305. The minimum Gasteiger partial charge on any atom is -0.479 e. The Balaban J connectivity index is 1.90. The number of piperidine rings is 1. The molecule has 1 aliphatic rings. The van der Waals surface area contributed by atoms with Crippen LogP contribution in [0.25, 0.3) is 0 Å². The molecular formula is C13H17NO3. The van der Waals surface area contributed by atoms with Crippen LogP contribution in [-0.4, -0.2) is 39.8 Å². The number of carboxylic acid groups (broad SMARTS) is 1. The van der Waals surface area contributed by atoms with Crippen molar-refractivity contribution in [2.24, 2.45) is 0 Å². The van der Waals surface area contributed by atoms with Gasteiger partial charge in [-0.25, -0.2) is 4.79 Å². The van der Waals surface area contributed by atoms with Gasteiger partial charge < -0.3 is 10.2 Å². The van der Waals surface area contributed by atoms with Crippen LogP contribution in [0.5, 0.6) is 0 Å². The fraction of sp³-hybridized carbons (Fsp3) is 0.462. The first-order valence-corrected chi connectivity index (χ1v) is 5.82. The minimum absolute atomic E-state index is 0.301. The van der Waals surface area contributed by atoms with E-state index in [1.54, 1.807) is 0 Å². The quantitative estimate of drug-likeness (QED) is 0.823. The molecule has 0 spiro atoms. The number of hydrogen-bond donors (Lipinski definition) is 2. The maximum Gasteiger partial charge on any atom is 0.335 e. The Bertz CT molecular complexity index is 383. The Morgan fingerprint density at radius 2 is 1.82 bits per heavy atom. The van der Waals surface area contributed by atoms with Gasteiger partial charge in [-0.05, 0) is 18.4 Å². The molecule has 2 N–H and O–H groups in total. The lowest BCUT2D eigenvalue weighted by Crippen LogP contribution is -2.49.